The van der Waals surface area contributed by atoms with Gasteiger partial charge in [-0.25, -0.2) is 0 Å². The van der Waals surface area contributed by atoms with Gasteiger partial charge in [0.15, 0.2) is 11.5 Å². The number of aliphatic carboxylic acids is 1. The minimum absolute atomic E-state index is 0.187. The number of oxime groups is 1. The Morgan fingerprint density at radius 3 is 2.60 bits per heavy atom. The standard InChI is InChI=1S/C23H35NO6/c1-29-21-9-6-7-10-22(21)30-16-18(25)13-14-19-17(12-15-20(19)24-28)8-4-2-3-5-11-23(26)27/h6-7,9-10,17-19,25,28H,2-5,8,11-16H2,1H3,(H,26,27)/b24-20-/t17-,18?,19+/m0/s1. The van der Waals surface area contributed by atoms with Crippen LogP contribution in [0, 0.1) is 11.8 Å². The molecule has 1 fully saturated rings. The first kappa shape index (κ1) is 24.0. The van der Waals surface area contributed by atoms with Crippen LogP contribution >= 0.6 is 0 Å². The fourth-order valence-corrected chi connectivity index (χ4v) is 4.28. The third-order valence-electron chi connectivity index (χ3n) is 5.92. The first-order valence-corrected chi connectivity index (χ1v) is 10.9. The van der Waals surface area contributed by atoms with E-state index >= 15 is 0 Å². The van der Waals surface area contributed by atoms with Gasteiger partial charge in [-0.05, 0) is 56.6 Å². The highest BCUT2D eigenvalue weighted by molar-refractivity contribution is 5.88. The predicted octanol–water partition coefficient (Wildman–Crippen LogP) is 4.50. The van der Waals surface area contributed by atoms with Crippen molar-refractivity contribution in [2.45, 2.75) is 70.3 Å². The molecule has 1 unspecified atom stereocenters. The lowest BCUT2D eigenvalue weighted by molar-refractivity contribution is -0.137. The number of aliphatic hydroxyl groups excluding tert-OH is 1. The van der Waals surface area contributed by atoms with Crippen LogP contribution < -0.4 is 9.47 Å². The van der Waals surface area contributed by atoms with E-state index in [1.807, 2.05) is 24.3 Å². The van der Waals surface area contributed by atoms with E-state index < -0.39 is 12.1 Å². The maximum atomic E-state index is 10.6. The third kappa shape index (κ3) is 7.86. The molecule has 7 heteroatoms. The Morgan fingerprint density at radius 2 is 1.90 bits per heavy atom. The minimum atomic E-state index is -0.733. The summed E-state index contributed by atoms with van der Waals surface area (Å²) in [6.45, 7) is 0.187. The first-order valence-electron chi connectivity index (χ1n) is 10.9. The molecule has 0 heterocycles. The normalized spacial score (nSPS) is 20.9. The van der Waals surface area contributed by atoms with Crippen molar-refractivity contribution in [2.24, 2.45) is 17.0 Å². The zero-order valence-electron chi connectivity index (χ0n) is 17.8. The molecule has 1 aromatic carbocycles. The Kier molecular flexibility index (Phi) is 10.5. The average molecular weight is 422 g/mol. The number of aliphatic hydroxyl groups is 1. The highest BCUT2D eigenvalue weighted by Crippen LogP contribution is 2.37. The van der Waals surface area contributed by atoms with Crippen molar-refractivity contribution in [3.63, 3.8) is 0 Å². The molecule has 0 radical (unpaired) electrons. The Labute approximate surface area is 178 Å². The zero-order chi connectivity index (χ0) is 21.8. The van der Waals surface area contributed by atoms with Gasteiger partial charge in [0.2, 0.25) is 0 Å². The molecule has 0 aromatic heterocycles. The van der Waals surface area contributed by atoms with Crippen molar-refractivity contribution < 1.29 is 29.7 Å². The number of hydrogen-bond donors (Lipinski definition) is 3. The summed E-state index contributed by atoms with van der Waals surface area (Å²) in [6, 6.07) is 7.35. The number of carbonyl (C=O) groups is 1. The summed E-state index contributed by atoms with van der Waals surface area (Å²) in [5.74, 6) is 1.16. The van der Waals surface area contributed by atoms with Crippen LogP contribution in [0.3, 0.4) is 0 Å². The molecule has 1 aliphatic carbocycles. The van der Waals surface area contributed by atoms with Gasteiger partial charge in [-0.3, -0.25) is 4.79 Å². The quantitative estimate of drug-likeness (QED) is 0.232. The summed E-state index contributed by atoms with van der Waals surface area (Å²) in [6.07, 6.45) is 7.57. The molecule has 0 bridgehead atoms. The fraction of sp³-hybridized carbons (Fsp3) is 0.652. The maximum absolute atomic E-state index is 10.6. The maximum Gasteiger partial charge on any atom is 0.303 e. The van der Waals surface area contributed by atoms with Gasteiger partial charge in [0.05, 0.1) is 18.9 Å². The lowest BCUT2D eigenvalue weighted by Gasteiger charge is -2.21. The molecule has 7 nitrogen and oxygen atoms in total. The van der Waals surface area contributed by atoms with Gasteiger partial charge in [-0.15, -0.1) is 0 Å². The average Bonchev–Trinajstić information content (AvgIpc) is 3.14. The van der Waals surface area contributed by atoms with E-state index in [9.17, 15) is 15.1 Å². The van der Waals surface area contributed by atoms with Crippen molar-refractivity contribution in [1.29, 1.82) is 0 Å². The molecule has 1 saturated carbocycles. The fourth-order valence-electron chi connectivity index (χ4n) is 4.28. The highest BCUT2D eigenvalue weighted by atomic mass is 16.5. The van der Waals surface area contributed by atoms with E-state index in [0.29, 0.717) is 23.8 Å². The number of nitrogens with zero attached hydrogens (tertiary/aromatic N) is 1. The van der Waals surface area contributed by atoms with Crippen molar-refractivity contribution in [2.75, 3.05) is 13.7 Å². The summed E-state index contributed by atoms with van der Waals surface area (Å²) < 4.78 is 11.0. The lowest BCUT2D eigenvalue weighted by atomic mass is 9.86. The molecular weight excluding hydrogens is 386 g/mol. The van der Waals surface area contributed by atoms with Crippen molar-refractivity contribution in [1.82, 2.24) is 0 Å². The van der Waals surface area contributed by atoms with Crippen LogP contribution in [0.5, 0.6) is 11.5 Å². The topological polar surface area (TPSA) is 109 Å². The number of carboxylic acid groups (broad SMARTS) is 1. The number of hydrogen-bond acceptors (Lipinski definition) is 6. The number of ether oxygens (including phenoxy) is 2. The Morgan fingerprint density at radius 1 is 1.17 bits per heavy atom. The van der Waals surface area contributed by atoms with Gasteiger partial charge < -0.3 is 24.9 Å². The lowest BCUT2D eigenvalue weighted by Crippen LogP contribution is -2.22. The predicted molar refractivity (Wildman–Crippen MR) is 115 cm³/mol. The van der Waals surface area contributed by atoms with Crippen LogP contribution in [0.15, 0.2) is 29.4 Å². The molecule has 0 amide bonds. The third-order valence-corrected chi connectivity index (χ3v) is 5.92. The first-order chi connectivity index (χ1) is 14.5. The van der Waals surface area contributed by atoms with E-state index in [2.05, 4.69) is 5.16 Å². The largest absolute Gasteiger partial charge is 0.493 e. The van der Waals surface area contributed by atoms with Crippen LogP contribution in [0.25, 0.3) is 0 Å². The summed E-state index contributed by atoms with van der Waals surface area (Å²) in [5.41, 5.74) is 0.837. The van der Waals surface area contributed by atoms with Gasteiger partial charge in [0.25, 0.3) is 0 Å². The SMILES string of the molecule is COc1ccccc1OCC(O)CC[C@H]1/C(=N\O)CC[C@@H]1CCCCCCC(=O)O. The summed E-state index contributed by atoms with van der Waals surface area (Å²) in [5, 5.41) is 31.9. The van der Waals surface area contributed by atoms with Crippen LogP contribution in [0.2, 0.25) is 0 Å². The van der Waals surface area contributed by atoms with Crippen LogP contribution in [0.4, 0.5) is 0 Å². The second-order valence-corrected chi connectivity index (χ2v) is 8.04. The van der Waals surface area contributed by atoms with Gasteiger partial charge >= 0.3 is 5.97 Å². The van der Waals surface area contributed by atoms with Crippen molar-refractivity contribution in [3.8, 4) is 11.5 Å². The smallest absolute Gasteiger partial charge is 0.303 e. The molecule has 1 aromatic rings. The second kappa shape index (κ2) is 13.1. The molecule has 0 aliphatic heterocycles. The Bertz CT molecular complexity index is 677. The molecule has 0 spiro atoms. The number of para-hydroxylation sites is 2. The highest BCUT2D eigenvalue weighted by Gasteiger charge is 2.33. The van der Waals surface area contributed by atoms with Gasteiger partial charge in [-0.1, -0.05) is 36.6 Å². The minimum Gasteiger partial charge on any atom is -0.493 e. The molecule has 3 atom stereocenters. The number of carboxylic acids is 1. The van der Waals surface area contributed by atoms with Crippen LogP contribution in [-0.2, 0) is 4.79 Å². The number of benzene rings is 1. The van der Waals surface area contributed by atoms with Crippen molar-refractivity contribution >= 4 is 11.7 Å². The zero-order valence-corrected chi connectivity index (χ0v) is 17.8. The molecule has 30 heavy (non-hydrogen) atoms. The van der Waals surface area contributed by atoms with Gasteiger partial charge in [0, 0.05) is 12.3 Å². The Hall–Kier alpha value is -2.28. The van der Waals surface area contributed by atoms with E-state index in [0.717, 1.165) is 57.1 Å². The molecule has 1 aliphatic rings. The molecule has 3 N–H and O–H groups in total. The van der Waals surface area contributed by atoms with Crippen molar-refractivity contribution in [3.05, 3.63) is 24.3 Å². The summed E-state index contributed by atoms with van der Waals surface area (Å²) in [4.78, 5) is 10.6. The van der Waals surface area contributed by atoms with E-state index in [1.165, 1.54) is 0 Å². The second-order valence-electron chi connectivity index (χ2n) is 8.04. The Balaban J connectivity index is 1.74. The summed E-state index contributed by atoms with van der Waals surface area (Å²) in [7, 11) is 1.58. The van der Waals surface area contributed by atoms with E-state index in [-0.39, 0.29) is 18.9 Å². The van der Waals surface area contributed by atoms with E-state index in [1.54, 1.807) is 7.11 Å². The summed E-state index contributed by atoms with van der Waals surface area (Å²) >= 11 is 0. The number of rotatable bonds is 14. The monoisotopic (exact) mass is 421 g/mol. The van der Waals surface area contributed by atoms with Gasteiger partial charge in [-0.2, -0.15) is 0 Å². The molecule has 2 rings (SSSR count). The van der Waals surface area contributed by atoms with Gasteiger partial charge in [0.1, 0.15) is 6.61 Å². The van der Waals surface area contributed by atoms with Crippen LogP contribution in [0.1, 0.15) is 64.2 Å². The number of methoxy groups -OCH3 is 1. The number of unbranched alkanes of at least 4 members (excludes halogenated alkanes) is 3. The molecule has 0 saturated heterocycles. The molecular formula is C23H35NO6. The molecule has 168 valence electrons. The van der Waals surface area contributed by atoms with Crippen LogP contribution in [-0.4, -0.2) is 46.9 Å². The van der Waals surface area contributed by atoms with E-state index in [4.69, 9.17) is 14.6 Å².